The van der Waals surface area contributed by atoms with Gasteiger partial charge in [0.15, 0.2) is 0 Å². The molecule has 0 unspecified atom stereocenters. The number of fused-ring (bicyclic) bond motifs is 3. The van der Waals surface area contributed by atoms with Crippen LogP contribution in [0.3, 0.4) is 0 Å². The van der Waals surface area contributed by atoms with Gasteiger partial charge in [-0.3, -0.25) is 9.59 Å². The Balaban J connectivity index is 1.29. The molecule has 2 heterocycles. The molecule has 0 spiro atoms. The molecule has 0 saturated heterocycles. The van der Waals surface area contributed by atoms with E-state index < -0.39 is 0 Å². The van der Waals surface area contributed by atoms with Gasteiger partial charge in [-0.25, -0.2) is 4.98 Å². The molecule has 0 aliphatic heterocycles. The molecule has 158 valence electrons. The first-order valence-corrected chi connectivity index (χ1v) is 12.2. The molecule has 1 amide bonds. The molecule has 30 heavy (non-hydrogen) atoms. The fraction of sp³-hybridized carbons (Fsp3) is 0.409. The quantitative estimate of drug-likeness (QED) is 0.537. The van der Waals surface area contributed by atoms with Crippen molar-refractivity contribution < 1.29 is 4.79 Å². The van der Waals surface area contributed by atoms with Crippen LogP contribution in [-0.2, 0) is 23.4 Å². The van der Waals surface area contributed by atoms with E-state index in [2.05, 4.69) is 15.3 Å². The van der Waals surface area contributed by atoms with Crippen molar-refractivity contribution in [3.05, 3.63) is 50.9 Å². The summed E-state index contributed by atoms with van der Waals surface area (Å²) < 4.78 is 0. The van der Waals surface area contributed by atoms with Gasteiger partial charge in [-0.1, -0.05) is 0 Å². The van der Waals surface area contributed by atoms with Gasteiger partial charge >= 0.3 is 0 Å². The van der Waals surface area contributed by atoms with Crippen molar-refractivity contribution in [1.29, 1.82) is 0 Å². The van der Waals surface area contributed by atoms with Crippen molar-refractivity contribution in [3.8, 4) is 0 Å². The number of carbonyl (C=O) groups is 1. The SMILES string of the molecule is CN(C)c1ccc(NC(=O)CCSCc2nc3sc4c(c3c(=O)[nH]2)CCCC4)cc1. The van der Waals surface area contributed by atoms with E-state index in [0.717, 1.165) is 40.9 Å². The van der Waals surface area contributed by atoms with Crippen molar-refractivity contribution in [2.45, 2.75) is 37.9 Å². The lowest BCUT2D eigenvalue weighted by Gasteiger charge is -2.13. The number of amides is 1. The van der Waals surface area contributed by atoms with Crippen LogP contribution in [0.1, 0.15) is 35.5 Å². The summed E-state index contributed by atoms with van der Waals surface area (Å²) in [6.07, 6.45) is 4.81. The van der Waals surface area contributed by atoms with Crippen LogP contribution in [0, 0.1) is 0 Å². The number of aromatic amines is 1. The Morgan fingerprint density at radius 1 is 1.23 bits per heavy atom. The molecular weight excluding hydrogens is 416 g/mol. The van der Waals surface area contributed by atoms with E-state index in [0.29, 0.717) is 23.8 Å². The normalized spacial score (nSPS) is 13.3. The fourth-order valence-corrected chi connectivity index (χ4v) is 5.76. The average Bonchev–Trinajstić information content (AvgIpc) is 3.10. The second-order valence-electron chi connectivity index (χ2n) is 7.70. The van der Waals surface area contributed by atoms with Gasteiger partial charge in [0, 0.05) is 42.5 Å². The molecule has 1 aliphatic carbocycles. The number of aromatic nitrogens is 2. The zero-order chi connectivity index (χ0) is 21.1. The third kappa shape index (κ3) is 4.70. The Kier molecular flexibility index (Phi) is 6.43. The number of aryl methyl sites for hydroxylation is 2. The number of carbonyl (C=O) groups excluding carboxylic acids is 1. The predicted octanol–water partition coefficient (Wildman–Crippen LogP) is 4.19. The maximum Gasteiger partial charge on any atom is 0.259 e. The number of thioether (sulfide) groups is 1. The topological polar surface area (TPSA) is 78.1 Å². The minimum Gasteiger partial charge on any atom is -0.378 e. The lowest BCUT2D eigenvalue weighted by molar-refractivity contribution is -0.115. The molecule has 0 radical (unpaired) electrons. The van der Waals surface area contributed by atoms with Crippen LogP contribution in [0.2, 0.25) is 0 Å². The summed E-state index contributed by atoms with van der Waals surface area (Å²) in [6, 6.07) is 7.77. The monoisotopic (exact) mass is 442 g/mol. The van der Waals surface area contributed by atoms with E-state index in [9.17, 15) is 9.59 Å². The van der Waals surface area contributed by atoms with E-state index in [1.54, 1.807) is 23.1 Å². The second-order valence-corrected chi connectivity index (χ2v) is 9.88. The summed E-state index contributed by atoms with van der Waals surface area (Å²) in [7, 11) is 3.97. The Bertz CT molecular complexity index is 1100. The summed E-state index contributed by atoms with van der Waals surface area (Å²) in [5.41, 5.74) is 3.08. The lowest BCUT2D eigenvalue weighted by atomic mass is 9.97. The van der Waals surface area contributed by atoms with Gasteiger partial charge < -0.3 is 15.2 Å². The molecule has 6 nitrogen and oxygen atoms in total. The van der Waals surface area contributed by atoms with Crippen molar-refractivity contribution in [1.82, 2.24) is 9.97 Å². The summed E-state index contributed by atoms with van der Waals surface area (Å²) in [6.45, 7) is 0. The van der Waals surface area contributed by atoms with E-state index in [1.807, 2.05) is 43.3 Å². The number of anilines is 2. The van der Waals surface area contributed by atoms with E-state index in [-0.39, 0.29) is 11.5 Å². The van der Waals surface area contributed by atoms with Gasteiger partial charge in [-0.05, 0) is 55.5 Å². The molecule has 0 bridgehead atoms. The molecule has 1 aliphatic rings. The molecule has 2 N–H and O–H groups in total. The van der Waals surface area contributed by atoms with E-state index >= 15 is 0 Å². The minimum absolute atomic E-state index is 0.0112. The van der Waals surface area contributed by atoms with Gasteiger partial charge in [0.1, 0.15) is 10.7 Å². The molecule has 0 saturated carbocycles. The number of H-pyrrole nitrogens is 1. The number of hydrogen-bond acceptors (Lipinski definition) is 6. The standard InChI is InChI=1S/C22H26N4O2S2/c1-26(2)15-9-7-14(8-10-15)23-19(27)11-12-29-13-18-24-21(28)20-16-5-3-4-6-17(16)30-22(20)25-18/h7-10H,3-6,11-13H2,1-2H3,(H,23,27)(H,24,25,28). The zero-order valence-corrected chi connectivity index (χ0v) is 18.9. The van der Waals surface area contributed by atoms with Crippen molar-refractivity contribution in [2.75, 3.05) is 30.1 Å². The van der Waals surface area contributed by atoms with Gasteiger partial charge in [0.05, 0.1) is 11.1 Å². The number of benzene rings is 1. The van der Waals surface area contributed by atoms with E-state index in [1.165, 1.54) is 16.9 Å². The van der Waals surface area contributed by atoms with Crippen LogP contribution < -0.4 is 15.8 Å². The highest BCUT2D eigenvalue weighted by atomic mass is 32.2. The summed E-state index contributed by atoms with van der Waals surface area (Å²) >= 11 is 3.28. The lowest BCUT2D eigenvalue weighted by Crippen LogP contribution is -2.14. The molecule has 3 aromatic rings. The highest BCUT2D eigenvalue weighted by Crippen LogP contribution is 2.33. The van der Waals surface area contributed by atoms with Gasteiger partial charge in [-0.15, -0.1) is 11.3 Å². The van der Waals surface area contributed by atoms with Crippen molar-refractivity contribution >= 4 is 50.6 Å². The van der Waals surface area contributed by atoms with Crippen LogP contribution in [0.25, 0.3) is 10.2 Å². The Morgan fingerprint density at radius 2 is 2.00 bits per heavy atom. The number of rotatable bonds is 7. The smallest absolute Gasteiger partial charge is 0.259 e. The number of nitrogens with zero attached hydrogens (tertiary/aromatic N) is 2. The van der Waals surface area contributed by atoms with Gasteiger partial charge in [0.2, 0.25) is 5.91 Å². The molecule has 1 aromatic carbocycles. The number of thiophene rings is 1. The number of hydrogen-bond donors (Lipinski definition) is 2. The van der Waals surface area contributed by atoms with Crippen LogP contribution in [0.4, 0.5) is 11.4 Å². The zero-order valence-electron chi connectivity index (χ0n) is 17.3. The maximum atomic E-state index is 12.6. The largest absolute Gasteiger partial charge is 0.378 e. The Morgan fingerprint density at radius 3 is 2.77 bits per heavy atom. The van der Waals surface area contributed by atoms with E-state index in [4.69, 9.17) is 0 Å². The molecule has 0 atom stereocenters. The first kappa shape index (κ1) is 20.9. The predicted molar refractivity (Wildman–Crippen MR) is 127 cm³/mol. The molecule has 4 rings (SSSR count). The van der Waals surface area contributed by atoms with Crippen LogP contribution in [0.15, 0.2) is 29.1 Å². The molecule has 0 fully saturated rings. The van der Waals surface area contributed by atoms with Gasteiger partial charge in [-0.2, -0.15) is 11.8 Å². The van der Waals surface area contributed by atoms with Crippen molar-refractivity contribution in [2.24, 2.45) is 0 Å². The Hall–Kier alpha value is -2.32. The summed E-state index contributed by atoms with van der Waals surface area (Å²) in [5, 5.41) is 3.72. The highest BCUT2D eigenvalue weighted by molar-refractivity contribution is 7.98. The first-order valence-electron chi connectivity index (χ1n) is 10.2. The van der Waals surface area contributed by atoms with Crippen LogP contribution in [0.5, 0.6) is 0 Å². The first-order chi connectivity index (χ1) is 14.5. The highest BCUT2D eigenvalue weighted by Gasteiger charge is 2.19. The fourth-order valence-electron chi connectivity index (χ4n) is 3.68. The third-order valence-corrected chi connectivity index (χ3v) is 7.41. The second kappa shape index (κ2) is 9.22. The summed E-state index contributed by atoms with van der Waals surface area (Å²) in [4.78, 5) is 36.6. The van der Waals surface area contributed by atoms with Crippen molar-refractivity contribution in [3.63, 3.8) is 0 Å². The number of nitrogens with one attached hydrogen (secondary N) is 2. The van der Waals surface area contributed by atoms with Crippen LogP contribution >= 0.6 is 23.1 Å². The van der Waals surface area contributed by atoms with Gasteiger partial charge in [0.25, 0.3) is 5.56 Å². The van der Waals surface area contributed by atoms with Crippen LogP contribution in [-0.4, -0.2) is 35.7 Å². The average molecular weight is 443 g/mol. The minimum atomic E-state index is -0.0195. The summed E-state index contributed by atoms with van der Waals surface area (Å²) in [5.74, 6) is 1.95. The molecular formula is C22H26N4O2S2. The third-order valence-electron chi connectivity index (χ3n) is 5.25. The Labute approximate surface area is 184 Å². The molecule has 2 aromatic heterocycles. The maximum absolute atomic E-state index is 12.6. The molecule has 8 heteroatoms.